The molecule has 0 atom stereocenters. The van der Waals surface area contributed by atoms with Crippen molar-refractivity contribution in [1.82, 2.24) is 7.76 Å². The molecule has 0 aliphatic rings. The highest BCUT2D eigenvalue weighted by atomic mass is 127. The third kappa shape index (κ3) is 1.28. The molecule has 0 amide bonds. The molecule has 0 unspecified atom stereocenters. The Morgan fingerprint density at radius 2 is 1.94 bits per heavy atom. The number of benzene rings is 2. The summed E-state index contributed by atoms with van der Waals surface area (Å²) < 4.78 is 4.69. The molecule has 0 aliphatic carbocycles. The Bertz CT molecular complexity index is 860. The SMILES string of the molecule is In1cnc2c3c(ccc21)sc1ccccc13. The van der Waals surface area contributed by atoms with Crippen LogP contribution in [0.25, 0.3) is 31.2 Å². The van der Waals surface area contributed by atoms with Crippen molar-refractivity contribution in [3.8, 4) is 0 Å². The van der Waals surface area contributed by atoms with Crippen LogP contribution in [0.3, 0.4) is 0 Å². The minimum absolute atomic E-state index is 1.11. The van der Waals surface area contributed by atoms with Gasteiger partial charge in [0, 0.05) is 20.2 Å². The number of halogens is 1. The van der Waals surface area contributed by atoms with Gasteiger partial charge in [0.05, 0.1) is 33.9 Å². The van der Waals surface area contributed by atoms with E-state index < -0.39 is 0 Å². The number of imidazole rings is 1. The molecule has 2 aromatic carbocycles. The van der Waals surface area contributed by atoms with E-state index in [-0.39, 0.29) is 0 Å². The maximum Gasteiger partial charge on any atom is 0.105 e. The number of hydrogen-bond acceptors (Lipinski definition) is 2. The van der Waals surface area contributed by atoms with Gasteiger partial charge >= 0.3 is 0 Å². The van der Waals surface area contributed by atoms with Gasteiger partial charge in [0.2, 0.25) is 0 Å². The van der Waals surface area contributed by atoms with Crippen LogP contribution in [-0.2, 0) is 0 Å². The van der Waals surface area contributed by atoms with Crippen LogP contribution in [0.4, 0.5) is 0 Å². The number of thiophene rings is 1. The van der Waals surface area contributed by atoms with Crippen LogP contribution in [0.2, 0.25) is 0 Å². The Balaban J connectivity index is 2.38. The van der Waals surface area contributed by atoms with E-state index in [1.165, 1.54) is 25.7 Å². The van der Waals surface area contributed by atoms with Crippen molar-refractivity contribution in [3.05, 3.63) is 42.7 Å². The van der Waals surface area contributed by atoms with Crippen molar-refractivity contribution in [2.24, 2.45) is 0 Å². The van der Waals surface area contributed by atoms with E-state index in [0.29, 0.717) is 0 Å². The van der Waals surface area contributed by atoms with Gasteiger partial charge in [0.25, 0.3) is 0 Å². The van der Waals surface area contributed by atoms with Crippen molar-refractivity contribution in [2.75, 3.05) is 0 Å². The summed E-state index contributed by atoms with van der Waals surface area (Å²) >= 11 is 4.10. The molecular formula is C13H7IN2S. The topological polar surface area (TPSA) is 17.8 Å². The molecule has 0 bridgehead atoms. The first kappa shape index (κ1) is 9.85. The molecule has 17 heavy (non-hydrogen) atoms. The second-order valence-corrected chi connectivity index (χ2v) is 6.08. The lowest BCUT2D eigenvalue weighted by atomic mass is 10.1. The zero-order valence-corrected chi connectivity index (χ0v) is 11.7. The Kier molecular flexibility index (Phi) is 1.99. The first-order valence-corrected chi connectivity index (χ1v) is 7.06. The second kappa shape index (κ2) is 3.43. The molecule has 0 aliphatic heterocycles. The van der Waals surface area contributed by atoms with Gasteiger partial charge in [-0.05, 0) is 18.2 Å². The summed E-state index contributed by atoms with van der Waals surface area (Å²) in [6.07, 6.45) is 1.87. The maximum atomic E-state index is 4.53. The Hall–Kier alpha value is -1.14. The molecule has 0 fully saturated rings. The van der Waals surface area contributed by atoms with Gasteiger partial charge in [0.15, 0.2) is 0 Å². The summed E-state index contributed by atoms with van der Waals surface area (Å²) in [4.78, 5) is 4.53. The molecule has 0 radical (unpaired) electrons. The van der Waals surface area contributed by atoms with E-state index >= 15 is 0 Å². The summed E-state index contributed by atoms with van der Waals surface area (Å²) in [6.45, 7) is 0. The number of rotatable bonds is 0. The molecule has 0 N–H and O–H groups in total. The fraction of sp³-hybridized carbons (Fsp3) is 0. The number of nitrogens with zero attached hydrogens (tertiary/aromatic N) is 2. The average molecular weight is 350 g/mol. The summed E-state index contributed by atoms with van der Waals surface area (Å²) in [5.74, 6) is 0. The lowest BCUT2D eigenvalue weighted by Crippen LogP contribution is -1.74. The van der Waals surface area contributed by atoms with Gasteiger partial charge < -0.3 is 0 Å². The predicted molar refractivity (Wildman–Crippen MR) is 82.0 cm³/mol. The van der Waals surface area contributed by atoms with E-state index in [1.807, 2.05) is 20.4 Å². The lowest BCUT2D eigenvalue weighted by molar-refractivity contribution is 1.32. The molecule has 0 saturated carbocycles. The van der Waals surface area contributed by atoms with Gasteiger partial charge in [-0.25, -0.2) is 4.98 Å². The van der Waals surface area contributed by atoms with E-state index in [9.17, 15) is 0 Å². The van der Waals surface area contributed by atoms with E-state index in [0.717, 1.165) is 5.52 Å². The van der Waals surface area contributed by atoms with Crippen molar-refractivity contribution in [2.45, 2.75) is 0 Å². The predicted octanol–water partition coefficient (Wildman–Crippen LogP) is 4.60. The third-order valence-corrected chi connectivity index (χ3v) is 4.92. The molecular weight excluding hydrogens is 343 g/mol. The summed E-state index contributed by atoms with van der Waals surface area (Å²) in [6, 6.07) is 12.9. The highest BCUT2D eigenvalue weighted by molar-refractivity contribution is 14.1. The smallest absolute Gasteiger partial charge is 0.105 e. The van der Waals surface area contributed by atoms with Gasteiger partial charge in [-0.1, -0.05) is 18.2 Å². The van der Waals surface area contributed by atoms with Crippen LogP contribution < -0.4 is 0 Å². The summed E-state index contributed by atoms with van der Waals surface area (Å²) in [5.41, 5.74) is 2.29. The largest absolute Gasteiger partial charge is 0.271 e. The molecule has 4 aromatic rings. The molecule has 4 heteroatoms. The van der Waals surface area contributed by atoms with Crippen LogP contribution in [0.5, 0.6) is 0 Å². The van der Waals surface area contributed by atoms with Crippen LogP contribution in [0, 0.1) is 0 Å². The average Bonchev–Trinajstić information content (AvgIpc) is 2.90. The Morgan fingerprint density at radius 3 is 2.88 bits per heavy atom. The van der Waals surface area contributed by atoms with E-state index in [1.54, 1.807) is 0 Å². The number of hydrogen-bond donors (Lipinski definition) is 0. The fourth-order valence-electron chi connectivity index (χ4n) is 2.26. The minimum Gasteiger partial charge on any atom is -0.271 e. The van der Waals surface area contributed by atoms with Gasteiger partial charge in [-0.2, -0.15) is 0 Å². The van der Waals surface area contributed by atoms with Crippen LogP contribution in [-0.4, -0.2) is 7.76 Å². The third-order valence-electron chi connectivity index (χ3n) is 3.01. The van der Waals surface area contributed by atoms with Gasteiger partial charge in [0.1, 0.15) is 6.33 Å². The molecule has 2 aromatic heterocycles. The van der Waals surface area contributed by atoms with Crippen LogP contribution in [0.1, 0.15) is 0 Å². The molecule has 0 spiro atoms. The first-order valence-electron chi connectivity index (χ1n) is 5.28. The maximum absolute atomic E-state index is 4.53. The fourth-order valence-corrected chi connectivity index (χ4v) is 3.88. The standard InChI is InChI=1S/C13H7IN2S/c14-16-7-15-13-9(16)5-6-11-12(13)8-3-1-2-4-10(8)17-11/h1-7H. The van der Waals surface area contributed by atoms with E-state index in [2.05, 4.69) is 64.2 Å². The quantitative estimate of drug-likeness (QED) is 0.424. The summed E-state index contributed by atoms with van der Waals surface area (Å²) in [5, 5.41) is 2.60. The normalized spacial score (nSPS) is 11.8. The molecule has 82 valence electrons. The Morgan fingerprint density at radius 1 is 1.06 bits per heavy atom. The van der Waals surface area contributed by atoms with Crippen LogP contribution >= 0.6 is 34.2 Å². The van der Waals surface area contributed by atoms with Gasteiger partial charge in [-0.15, -0.1) is 11.3 Å². The lowest BCUT2D eigenvalue weighted by Gasteiger charge is -1.94. The first-order chi connectivity index (χ1) is 8.34. The Labute approximate surface area is 115 Å². The van der Waals surface area contributed by atoms with Crippen molar-refractivity contribution in [3.63, 3.8) is 0 Å². The molecule has 2 heterocycles. The van der Waals surface area contributed by atoms with Gasteiger partial charge in [-0.3, -0.25) is 2.78 Å². The number of fused-ring (bicyclic) bond motifs is 5. The van der Waals surface area contributed by atoms with E-state index in [4.69, 9.17) is 0 Å². The highest BCUT2D eigenvalue weighted by Crippen LogP contribution is 2.37. The molecule has 2 nitrogen and oxygen atoms in total. The zero-order chi connectivity index (χ0) is 11.4. The van der Waals surface area contributed by atoms with Crippen molar-refractivity contribution >= 4 is 65.4 Å². The zero-order valence-electron chi connectivity index (χ0n) is 8.72. The second-order valence-electron chi connectivity index (χ2n) is 3.96. The van der Waals surface area contributed by atoms with Crippen molar-refractivity contribution in [1.29, 1.82) is 0 Å². The summed E-state index contributed by atoms with van der Waals surface area (Å²) in [7, 11) is 0. The highest BCUT2D eigenvalue weighted by Gasteiger charge is 2.10. The molecule has 0 saturated heterocycles. The number of aromatic nitrogens is 2. The molecule has 4 rings (SSSR count). The van der Waals surface area contributed by atoms with Crippen LogP contribution in [0.15, 0.2) is 42.7 Å². The minimum atomic E-state index is 1.11. The van der Waals surface area contributed by atoms with Crippen molar-refractivity contribution < 1.29 is 0 Å². The monoisotopic (exact) mass is 350 g/mol.